The van der Waals surface area contributed by atoms with Gasteiger partial charge in [-0.15, -0.1) is 0 Å². The lowest BCUT2D eigenvalue weighted by atomic mass is 9.62. The minimum atomic E-state index is -0.0284. The first-order chi connectivity index (χ1) is 6.64. The first-order valence-corrected chi connectivity index (χ1v) is 5.97. The zero-order valence-corrected chi connectivity index (χ0v) is 9.47. The van der Waals surface area contributed by atoms with Crippen molar-refractivity contribution in [2.24, 2.45) is 5.41 Å². The van der Waals surface area contributed by atoms with Crippen molar-refractivity contribution in [2.45, 2.75) is 64.9 Å². The number of hydrogen-bond donors (Lipinski definition) is 1. The van der Waals surface area contributed by atoms with Gasteiger partial charge in [-0.25, -0.2) is 0 Å². The van der Waals surface area contributed by atoms with Crippen LogP contribution in [0.5, 0.6) is 0 Å². The summed E-state index contributed by atoms with van der Waals surface area (Å²) in [7, 11) is 0. The summed E-state index contributed by atoms with van der Waals surface area (Å²) in [6.45, 7) is 4.50. The van der Waals surface area contributed by atoms with Crippen LogP contribution in [0.2, 0.25) is 0 Å². The molecular formula is C13H22O. The van der Waals surface area contributed by atoms with E-state index >= 15 is 0 Å². The standard InChI is InChI=1S/C13H22O/c1-10-6-8-13(9-11(10)2)7-4-3-5-12(13)14/h12,14H,3-9H2,1-2H3. The molecule has 1 N–H and O–H groups in total. The van der Waals surface area contributed by atoms with E-state index in [2.05, 4.69) is 13.8 Å². The number of aliphatic hydroxyl groups excluding tert-OH is 1. The third kappa shape index (κ3) is 1.63. The average molecular weight is 194 g/mol. The summed E-state index contributed by atoms with van der Waals surface area (Å²) in [6.07, 6.45) is 8.39. The zero-order chi connectivity index (χ0) is 10.2. The smallest absolute Gasteiger partial charge is 0.0599 e. The molecule has 14 heavy (non-hydrogen) atoms. The maximum atomic E-state index is 10.2. The fourth-order valence-electron chi connectivity index (χ4n) is 3.20. The Bertz CT molecular complexity index is 254. The molecule has 1 saturated carbocycles. The SMILES string of the molecule is CC1=C(C)CC2(CCCCC2O)CC1. The van der Waals surface area contributed by atoms with Gasteiger partial charge in [-0.3, -0.25) is 0 Å². The summed E-state index contributed by atoms with van der Waals surface area (Å²) in [5.74, 6) is 0. The van der Waals surface area contributed by atoms with E-state index in [0.717, 1.165) is 12.8 Å². The van der Waals surface area contributed by atoms with Crippen LogP contribution in [0.1, 0.15) is 58.8 Å². The van der Waals surface area contributed by atoms with Gasteiger partial charge in [0, 0.05) is 5.41 Å². The van der Waals surface area contributed by atoms with Gasteiger partial charge in [0.1, 0.15) is 0 Å². The van der Waals surface area contributed by atoms with Crippen LogP contribution in [0.4, 0.5) is 0 Å². The van der Waals surface area contributed by atoms with Crippen molar-refractivity contribution >= 4 is 0 Å². The van der Waals surface area contributed by atoms with Gasteiger partial charge in [0.05, 0.1) is 6.10 Å². The van der Waals surface area contributed by atoms with Crippen LogP contribution in [-0.2, 0) is 0 Å². The lowest BCUT2D eigenvalue weighted by molar-refractivity contribution is -0.0212. The molecule has 1 heteroatoms. The maximum absolute atomic E-state index is 10.2. The summed E-state index contributed by atoms with van der Waals surface area (Å²) >= 11 is 0. The lowest BCUT2D eigenvalue weighted by Crippen LogP contribution is -2.40. The molecule has 2 unspecified atom stereocenters. The van der Waals surface area contributed by atoms with E-state index in [1.165, 1.54) is 37.7 Å². The molecule has 1 spiro atoms. The first kappa shape index (κ1) is 10.2. The molecule has 0 bridgehead atoms. The fraction of sp³-hybridized carbons (Fsp3) is 0.846. The average Bonchev–Trinajstić information content (AvgIpc) is 2.17. The van der Waals surface area contributed by atoms with Gasteiger partial charge < -0.3 is 5.11 Å². The maximum Gasteiger partial charge on any atom is 0.0599 e. The number of rotatable bonds is 0. The van der Waals surface area contributed by atoms with E-state index in [0.29, 0.717) is 0 Å². The van der Waals surface area contributed by atoms with Crippen molar-refractivity contribution < 1.29 is 5.11 Å². The van der Waals surface area contributed by atoms with E-state index < -0.39 is 0 Å². The molecule has 2 aliphatic carbocycles. The van der Waals surface area contributed by atoms with Crippen molar-refractivity contribution in [3.05, 3.63) is 11.1 Å². The number of aliphatic hydroxyl groups is 1. The number of allylic oxidation sites excluding steroid dienone is 2. The molecule has 0 amide bonds. The number of hydrogen-bond acceptors (Lipinski definition) is 1. The van der Waals surface area contributed by atoms with Crippen LogP contribution < -0.4 is 0 Å². The largest absolute Gasteiger partial charge is 0.393 e. The minimum Gasteiger partial charge on any atom is -0.393 e. The van der Waals surface area contributed by atoms with E-state index in [1.807, 2.05) is 0 Å². The monoisotopic (exact) mass is 194 g/mol. The molecule has 0 aromatic heterocycles. The van der Waals surface area contributed by atoms with E-state index in [-0.39, 0.29) is 11.5 Å². The summed E-state index contributed by atoms with van der Waals surface area (Å²) in [5.41, 5.74) is 3.37. The second-order valence-corrected chi connectivity index (χ2v) is 5.36. The second-order valence-electron chi connectivity index (χ2n) is 5.36. The van der Waals surface area contributed by atoms with Crippen LogP contribution >= 0.6 is 0 Å². The second kappa shape index (κ2) is 3.69. The predicted octanol–water partition coefficient (Wildman–Crippen LogP) is 3.43. The molecule has 2 atom stereocenters. The molecule has 0 aliphatic heterocycles. The van der Waals surface area contributed by atoms with Crippen LogP contribution in [0.25, 0.3) is 0 Å². The first-order valence-electron chi connectivity index (χ1n) is 5.97. The van der Waals surface area contributed by atoms with Crippen LogP contribution in [-0.4, -0.2) is 11.2 Å². The lowest BCUT2D eigenvalue weighted by Gasteiger charge is -2.45. The van der Waals surface area contributed by atoms with Gasteiger partial charge in [0.25, 0.3) is 0 Å². The van der Waals surface area contributed by atoms with Gasteiger partial charge in [-0.1, -0.05) is 24.0 Å². The molecule has 1 fully saturated rings. The Morgan fingerprint density at radius 1 is 1.14 bits per heavy atom. The molecule has 80 valence electrons. The Morgan fingerprint density at radius 3 is 2.57 bits per heavy atom. The third-order valence-electron chi connectivity index (χ3n) is 4.45. The third-order valence-corrected chi connectivity index (χ3v) is 4.45. The van der Waals surface area contributed by atoms with Crippen molar-refractivity contribution in [3.63, 3.8) is 0 Å². The Kier molecular flexibility index (Phi) is 2.70. The van der Waals surface area contributed by atoms with Crippen LogP contribution in [0, 0.1) is 5.41 Å². The van der Waals surface area contributed by atoms with Gasteiger partial charge in [0.2, 0.25) is 0 Å². The Balaban J connectivity index is 2.17. The molecule has 2 aliphatic rings. The molecular weight excluding hydrogens is 172 g/mol. The quantitative estimate of drug-likeness (QED) is 0.586. The van der Waals surface area contributed by atoms with Crippen molar-refractivity contribution in [3.8, 4) is 0 Å². The Morgan fingerprint density at radius 2 is 1.93 bits per heavy atom. The summed E-state index contributed by atoms with van der Waals surface area (Å²) < 4.78 is 0. The van der Waals surface area contributed by atoms with E-state index in [9.17, 15) is 5.11 Å². The van der Waals surface area contributed by atoms with E-state index in [1.54, 1.807) is 5.57 Å². The Labute approximate surface area is 87.2 Å². The minimum absolute atomic E-state index is 0.0284. The molecule has 1 nitrogen and oxygen atoms in total. The summed E-state index contributed by atoms with van der Waals surface area (Å²) in [6, 6.07) is 0. The molecule has 0 saturated heterocycles. The fourth-order valence-corrected chi connectivity index (χ4v) is 3.20. The van der Waals surface area contributed by atoms with Crippen molar-refractivity contribution in [1.82, 2.24) is 0 Å². The van der Waals surface area contributed by atoms with Gasteiger partial charge in [0.15, 0.2) is 0 Å². The molecule has 0 heterocycles. The molecule has 0 aromatic rings. The highest BCUT2D eigenvalue weighted by Gasteiger charge is 2.41. The van der Waals surface area contributed by atoms with Crippen molar-refractivity contribution in [1.29, 1.82) is 0 Å². The Hall–Kier alpha value is -0.300. The highest BCUT2D eigenvalue weighted by atomic mass is 16.3. The van der Waals surface area contributed by atoms with E-state index in [4.69, 9.17) is 0 Å². The highest BCUT2D eigenvalue weighted by Crippen LogP contribution is 2.48. The molecule has 0 aromatic carbocycles. The van der Waals surface area contributed by atoms with Crippen LogP contribution in [0.15, 0.2) is 11.1 Å². The van der Waals surface area contributed by atoms with Gasteiger partial charge in [-0.2, -0.15) is 0 Å². The van der Waals surface area contributed by atoms with Gasteiger partial charge >= 0.3 is 0 Å². The highest BCUT2D eigenvalue weighted by molar-refractivity contribution is 5.18. The zero-order valence-electron chi connectivity index (χ0n) is 9.47. The summed E-state index contributed by atoms with van der Waals surface area (Å²) in [5, 5.41) is 10.2. The van der Waals surface area contributed by atoms with Crippen molar-refractivity contribution in [2.75, 3.05) is 0 Å². The summed E-state index contributed by atoms with van der Waals surface area (Å²) in [4.78, 5) is 0. The predicted molar refractivity (Wildman–Crippen MR) is 59.1 cm³/mol. The normalized spacial score (nSPS) is 39.2. The topological polar surface area (TPSA) is 20.2 Å². The van der Waals surface area contributed by atoms with Gasteiger partial charge in [-0.05, 0) is 46.0 Å². The van der Waals surface area contributed by atoms with Crippen LogP contribution in [0.3, 0.4) is 0 Å². The molecule has 2 rings (SSSR count). The molecule has 0 radical (unpaired) electrons.